The Bertz CT molecular complexity index is 1400. The number of para-hydroxylation sites is 1. The zero-order chi connectivity index (χ0) is 22.6. The molecule has 0 bridgehead atoms. The van der Waals surface area contributed by atoms with Crippen molar-refractivity contribution in [1.82, 2.24) is 15.3 Å². The maximum atomic E-state index is 13.3. The molecule has 33 heavy (non-hydrogen) atoms. The molecule has 7 heteroatoms. The van der Waals surface area contributed by atoms with Crippen LogP contribution in [0.1, 0.15) is 34.7 Å². The van der Waals surface area contributed by atoms with Crippen molar-refractivity contribution in [2.24, 2.45) is 11.1 Å². The van der Waals surface area contributed by atoms with Crippen LogP contribution >= 0.6 is 0 Å². The lowest BCUT2D eigenvalue weighted by Gasteiger charge is -2.42. The number of rotatable bonds is 3. The molecular formula is C26H25N5O2. The fourth-order valence-corrected chi connectivity index (χ4v) is 5.84. The van der Waals surface area contributed by atoms with Gasteiger partial charge in [0, 0.05) is 42.7 Å². The van der Waals surface area contributed by atoms with Gasteiger partial charge in [0.25, 0.3) is 5.91 Å². The Morgan fingerprint density at radius 2 is 1.91 bits per heavy atom. The van der Waals surface area contributed by atoms with Gasteiger partial charge in [0.15, 0.2) is 0 Å². The molecule has 1 spiro atoms. The first-order chi connectivity index (χ1) is 16.1. The Morgan fingerprint density at radius 3 is 2.73 bits per heavy atom. The smallest absolute Gasteiger partial charge is 0.252 e. The van der Waals surface area contributed by atoms with E-state index in [1.807, 2.05) is 42.5 Å². The van der Waals surface area contributed by atoms with Gasteiger partial charge < -0.3 is 20.9 Å². The number of nitrogens with zero attached hydrogens (tertiary/aromatic N) is 2. The van der Waals surface area contributed by atoms with E-state index < -0.39 is 11.3 Å². The fraction of sp³-hybridized carbons (Fsp3) is 0.269. The van der Waals surface area contributed by atoms with Crippen LogP contribution in [0.15, 0.2) is 60.8 Å². The molecule has 166 valence electrons. The predicted molar refractivity (Wildman–Crippen MR) is 128 cm³/mol. The van der Waals surface area contributed by atoms with E-state index >= 15 is 0 Å². The molecule has 0 radical (unpaired) electrons. The first-order valence-corrected chi connectivity index (χ1v) is 11.4. The minimum absolute atomic E-state index is 0.109. The Morgan fingerprint density at radius 1 is 1.12 bits per heavy atom. The van der Waals surface area contributed by atoms with Crippen LogP contribution < -0.4 is 16.0 Å². The molecule has 2 saturated heterocycles. The summed E-state index contributed by atoms with van der Waals surface area (Å²) in [6.07, 6.45) is 3.28. The molecule has 2 aromatic heterocycles. The zero-order valence-electron chi connectivity index (χ0n) is 18.2. The summed E-state index contributed by atoms with van der Waals surface area (Å²) in [5.74, 6) is 0.500. The second-order valence-electron chi connectivity index (χ2n) is 9.13. The number of H-pyrrole nitrogens is 1. The first-order valence-electron chi connectivity index (χ1n) is 11.4. The van der Waals surface area contributed by atoms with Gasteiger partial charge in [0.2, 0.25) is 5.91 Å². The number of anilines is 1. The number of nitrogens with one attached hydrogen (secondary N) is 2. The number of carbonyl (C=O) groups excluding carboxylic acids is 2. The molecule has 2 aliphatic heterocycles. The number of nitrogens with two attached hydrogens (primary N) is 1. The molecule has 2 aromatic carbocycles. The van der Waals surface area contributed by atoms with Crippen molar-refractivity contribution in [3.8, 4) is 0 Å². The van der Waals surface area contributed by atoms with Crippen molar-refractivity contribution in [3.05, 3.63) is 71.9 Å². The Labute approximate surface area is 191 Å². The van der Waals surface area contributed by atoms with Gasteiger partial charge in [-0.05, 0) is 24.5 Å². The van der Waals surface area contributed by atoms with Gasteiger partial charge in [0.05, 0.1) is 21.9 Å². The van der Waals surface area contributed by atoms with E-state index in [0.29, 0.717) is 24.2 Å². The molecule has 0 saturated carbocycles. The molecule has 2 amide bonds. The average molecular weight is 440 g/mol. The van der Waals surface area contributed by atoms with Gasteiger partial charge in [-0.2, -0.15) is 0 Å². The number of pyridine rings is 1. The molecule has 4 N–H and O–H groups in total. The van der Waals surface area contributed by atoms with Crippen LogP contribution in [0.2, 0.25) is 0 Å². The number of piperidine rings is 1. The lowest BCUT2D eigenvalue weighted by Crippen LogP contribution is -2.50. The summed E-state index contributed by atoms with van der Waals surface area (Å²) in [5, 5.41) is 5.01. The van der Waals surface area contributed by atoms with Crippen molar-refractivity contribution in [1.29, 1.82) is 0 Å². The van der Waals surface area contributed by atoms with E-state index in [0.717, 1.165) is 41.5 Å². The highest BCUT2D eigenvalue weighted by atomic mass is 16.2. The number of primary amides is 1. The number of hydrogen-bond donors (Lipinski definition) is 3. The molecule has 2 atom stereocenters. The van der Waals surface area contributed by atoms with Gasteiger partial charge in [-0.25, -0.2) is 4.98 Å². The summed E-state index contributed by atoms with van der Waals surface area (Å²) in [7, 11) is 0. The minimum atomic E-state index is -0.514. The van der Waals surface area contributed by atoms with Crippen LogP contribution in [0.4, 0.5) is 5.82 Å². The van der Waals surface area contributed by atoms with Gasteiger partial charge in [-0.3, -0.25) is 9.59 Å². The third-order valence-corrected chi connectivity index (χ3v) is 7.39. The highest BCUT2D eigenvalue weighted by Gasteiger charge is 2.53. The highest BCUT2D eigenvalue weighted by molar-refractivity contribution is 6.18. The molecule has 4 heterocycles. The zero-order valence-corrected chi connectivity index (χ0v) is 18.2. The largest absolute Gasteiger partial charge is 0.365 e. The topological polar surface area (TPSA) is 104 Å². The van der Waals surface area contributed by atoms with Gasteiger partial charge in [-0.15, -0.1) is 0 Å². The molecule has 6 rings (SSSR count). The van der Waals surface area contributed by atoms with Crippen molar-refractivity contribution < 1.29 is 9.59 Å². The second kappa shape index (κ2) is 7.33. The monoisotopic (exact) mass is 439 g/mol. The Balaban J connectivity index is 1.49. The average Bonchev–Trinajstić information content (AvgIpc) is 3.37. The van der Waals surface area contributed by atoms with Crippen LogP contribution in [-0.4, -0.2) is 41.4 Å². The molecular weight excluding hydrogens is 414 g/mol. The Hall–Kier alpha value is -3.87. The highest BCUT2D eigenvalue weighted by Crippen LogP contribution is 2.48. The first kappa shape index (κ1) is 19.8. The van der Waals surface area contributed by atoms with E-state index in [4.69, 9.17) is 10.7 Å². The van der Waals surface area contributed by atoms with E-state index in [1.54, 1.807) is 6.20 Å². The summed E-state index contributed by atoms with van der Waals surface area (Å²) in [6, 6.07) is 18.2. The van der Waals surface area contributed by atoms with Gasteiger partial charge >= 0.3 is 0 Å². The van der Waals surface area contributed by atoms with Crippen LogP contribution in [0.3, 0.4) is 0 Å². The van der Waals surface area contributed by atoms with Crippen LogP contribution in [0, 0.1) is 5.41 Å². The summed E-state index contributed by atoms with van der Waals surface area (Å²) >= 11 is 0. The molecule has 2 fully saturated rings. The molecule has 2 aliphatic rings. The second-order valence-corrected chi connectivity index (χ2v) is 9.13. The third-order valence-electron chi connectivity index (χ3n) is 7.39. The number of fused-ring (bicyclic) bond motifs is 3. The van der Waals surface area contributed by atoms with E-state index in [2.05, 4.69) is 27.3 Å². The predicted octanol–water partition coefficient (Wildman–Crippen LogP) is 3.32. The summed E-state index contributed by atoms with van der Waals surface area (Å²) < 4.78 is 0. The molecule has 0 aliphatic carbocycles. The molecule has 7 nitrogen and oxygen atoms in total. The maximum absolute atomic E-state index is 13.3. The van der Waals surface area contributed by atoms with Crippen molar-refractivity contribution in [2.75, 3.05) is 24.5 Å². The number of aromatic amines is 1. The molecule has 2 unspecified atom stereocenters. The number of hydrogen-bond acceptors (Lipinski definition) is 4. The summed E-state index contributed by atoms with van der Waals surface area (Å²) in [6.45, 7) is 2.03. The van der Waals surface area contributed by atoms with Crippen LogP contribution in [-0.2, 0) is 4.79 Å². The number of amides is 2. The lowest BCUT2D eigenvalue weighted by atomic mass is 9.69. The Kier molecular flexibility index (Phi) is 4.40. The minimum Gasteiger partial charge on any atom is -0.365 e. The van der Waals surface area contributed by atoms with Gasteiger partial charge in [0.1, 0.15) is 5.82 Å². The number of aromatic nitrogens is 2. The fourth-order valence-electron chi connectivity index (χ4n) is 5.84. The normalized spacial score (nSPS) is 22.8. The van der Waals surface area contributed by atoms with Crippen molar-refractivity contribution >= 4 is 39.4 Å². The summed E-state index contributed by atoms with van der Waals surface area (Å²) in [5.41, 5.74) is 8.33. The number of carbonyl (C=O) groups is 2. The van der Waals surface area contributed by atoms with E-state index in [9.17, 15) is 9.59 Å². The van der Waals surface area contributed by atoms with Crippen LogP contribution in [0.5, 0.6) is 0 Å². The van der Waals surface area contributed by atoms with Gasteiger partial charge in [-0.1, -0.05) is 48.5 Å². The lowest BCUT2D eigenvalue weighted by molar-refractivity contribution is -0.128. The standard InChI is InChI=1S/C26H25N5O2/c27-23(32)18-13-28-24(21-17-9-4-5-10-20(17)30-22(18)21)31-12-6-11-26(15-31)19(14-29-25(26)33)16-7-2-1-3-8-16/h1-5,7-10,13,19,30H,6,11-12,14-15H2,(H2,27,32)(H,29,33). The third kappa shape index (κ3) is 2.92. The van der Waals surface area contributed by atoms with E-state index in [1.165, 1.54) is 5.56 Å². The van der Waals surface area contributed by atoms with Crippen molar-refractivity contribution in [2.45, 2.75) is 18.8 Å². The van der Waals surface area contributed by atoms with Crippen LogP contribution in [0.25, 0.3) is 21.8 Å². The van der Waals surface area contributed by atoms with Crippen molar-refractivity contribution in [3.63, 3.8) is 0 Å². The quantitative estimate of drug-likeness (QED) is 0.455. The van der Waals surface area contributed by atoms with E-state index in [-0.39, 0.29) is 11.8 Å². The molecule has 4 aromatic rings. The summed E-state index contributed by atoms with van der Waals surface area (Å²) in [4.78, 5) is 35.7. The maximum Gasteiger partial charge on any atom is 0.252 e. The number of benzene rings is 2. The SMILES string of the molecule is NC(=O)c1cnc(N2CCCC3(C2)C(=O)NCC3c2ccccc2)c2c1[nH]c1ccccc12.